The van der Waals surface area contributed by atoms with Crippen LogP contribution >= 0.6 is 11.8 Å². The Morgan fingerprint density at radius 2 is 2.00 bits per heavy atom. The molecule has 0 radical (unpaired) electrons. The summed E-state index contributed by atoms with van der Waals surface area (Å²) in [7, 11) is 0. The van der Waals surface area contributed by atoms with Gasteiger partial charge in [0, 0.05) is 12.3 Å². The number of fused-ring (bicyclic) bond motifs is 5. The molecule has 0 aromatic carbocycles. The molecule has 0 aliphatic heterocycles. The van der Waals surface area contributed by atoms with Gasteiger partial charge < -0.3 is 4.84 Å². The molecule has 3 nitrogen and oxygen atoms in total. The summed E-state index contributed by atoms with van der Waals surface area (Å²) in [6.45, 7) is 7.19. The molecule has 4 rings (SSSR count). The summed E-state index contributed by atoms with van der Waals surface area (Å²) in [4.78, 5) is 17.5. The van der Waals surface area contributed by atoms with Crippen LogP contribution in [-0.2, 0) is 9.63 Å². The van der Waals surface area contributed by atoms with Crippen LogP contribution in [0.4, 0.5) is 0 Å². The van der Waals surface area contributed by atoms with E-state index >= 15 is 0 Å². The molecule has 0 aromatic rings. The molecule has 0 unspecified atom stereocenters. The Hall–Kier alpha value is -0.770. The monoisotopic (exact) mass is 389 g/mol. The molecule has 0 bridgehead atoms. The molecule has 0 amide bonds. The fourth-order valence-corrected chi connectivity index (χ4v) is 7.65. The third-order valence-corrected chi connectivity index (χ3v) is 9.19. The van der Waals surface area contributed by atoms with Gasteiger partial charge in [0.15, 0.2) is 11.7 Å². The molecule has 3 saturated carbocycles. The second kappa shape index (κ2) is 7.24. The maximum absolute atomic E-state index is 12.0. The summed E-state index contributed by atoms with van der Waals surface area (Å²) >= 11 is 1.67. The largest absolute Gasteiger partial charge is 0.385 e. The first kappa shape index (κ1) is 19.5. The fraction of sp³-hybridized carbons (Fsp3) is 0.826. The summed E-state index contributed by atoms with van der Waals surface area (Å²) in [6.07, 6.45) is 13.5. The smallest absolute Gasteiger partial charge is 0.162 e. The highest BCUT2D eigenvalue weighted by atomic mass is 32.2. The molecule has 0 N–H and O–H groups in total. The van der Waals surface area contributed by atoms with Crippen LogP contribution in [0.1, 0.15) is 72.1 Å². The third-order valence-electron chi connectivity index (χ3n) is 8.85. The van der Waals surface area contributed by atoms with Crippen LogP contribution in [-0.4, -0.2) is 23.7 Å². The zero-order valence-corrected chi connectivity index (χ0v) is 18.2. The van der Waals surface area contributed by atoms with Crippen molar-refractivity contribution < 1.29 is 9.63 Å². The Balaban J connectivity index is 1.56. The number of hydrogen-bond acceptors (Lipinski definition) is 4. The van der Waals surface area contributed by atoms with Gasteiger partial charge in [-0.15, -0.1) is 11.8 Å². The van der Waals surface area contributed by atoms with Crippen molar-refractivity contribution in [2.75, 3.05) is 12.2 Å². The first-order valence-electron chi connectivity index (χ1n) is 10.8. The minimum Gasteiger partial charge on any atom is -0.385 e. The van der Waals surface area contributed by atoms with Gasteiger partial charge in [-0.25, -0.2) is 0 Å². The zero-order valence-electron chi connectivity index (χ0n) is 17.4. The van der Waals surface area contributed by atoms with Crippen molar-refractivity contribution in [2.45, 2.75) is 72.1 Å². The number of carbonyl (C=O) groups is 1. The molecule has 6 atom stereocenters. The van der Waals surface area contributed by atoms with Crippen LogP contribution in [0.25, 0.3) is 0 Å². The lowest BCUT2D eigenvalue weighted by molar-refractivity contribution is -0.117. The number of nitrogens with zero attached hydrogens (tertiary/aromatic N) is 1. The van der Waals surface area contributed by atoms with Crippen molar-refractivity contribution in [2.24, 2.45) is 39.7 Å². The van der Waals surface area contributed by atoms with Crippen LogP contribution in [0.3, 0.4) is 0 Å². The molecular weight excluding hydrogens is 354 g/mol. The average Bonchev–Trinajstić information content (AvgIpc) is 3.00. The molecule has 4 heteroatoms. The highest BCUT2D eigenvalue weighted by molar-refractivity contribution is 7.98. The fourth-order valence-electron chi connectivity index (χ4n) is 7.49. The highest BCUT2D eigenvalue weighted by Crippen LogP contribution is 2.66. The summed E-state index contributed by atoms with van der Waals surface area (Å²) in [6, 6.07) is 0. The predicted octanol–water partition coefficient (Wildman–Crippen LogP) is 5.85. The lowest BCUT2D eigenvalue weighted by atomic mass is 9.46. The summed E-state index contributed by atoms with van der Waals surface area (Å²) < 4.78 is 0. The maximum Gasteiger partial charge on any atom is 0.162 e. The second-order valence-electron chi connectivity index (χ2n) is 9.91. The topological polar surface area (TPSA) is 38.7 Å². The summed E-state index contributed by atoms with van der Waals surface area (Å²) in [5.74, 6) is 3.98. The van der Waals surface area contributed by atoms with E-state index in [1.165, 1.54) is 43.4 Å². The number of rotatable bonds is 4. The van der Waals surface area contributed by atoms with Crippen LogP contribution in [0, 0.1) is 34.5 Å². The predicted molar refractivity (Wildman–Crippen MR) is 113 cm³/mol. The van der Waals surface area contributed by atoms with Gasteiger partial charge >= 0.3 is 0 Å². The Morgan fingerprint density at radius 1 is 1.19 bits per heavy atom. The molecule has 0 aromatic heterocycles. The van der Waals surface area contributed by atoms with Crippen molar-refractivity contribution in [1.29, 1.82) is 0 Å². The number of ketones is 1. The molecule has 0 saturated heterocycles. The van der Waals surface area contributed by atoms with Crippen molar-refractivity contribution in [1.82, 2.24) is 0 Å². The Bertz CT molecular complexity index is 671. The van der Waals surface area contributed by atoms with Gasteiger partial charge in [0.05, 0.1) is 5.71 Å². The van der Waals surface area contributed by atoms with Crippen molar-refractivity contribution >= 4 is 23.3 Å². The maximum atomic E-state index is 12.0. The Labute approximate surface area is 168 Å². The number of thioether (sulfide) groups is 1. The molecule has 0 spiro atoms. The van der Waals surface area contributed by atoms with Gasteiger partial charge in [-0.05, 0) is 92.8 Å². The van der Waals surface area contributed by atoms with E-state index in [1.807, 2.05) is 12.3 Å². The Kier molecular flexibility index (Phi) is 5.24. The SMILES string of the molecule is CSCO/N=C(\C)[C@H]1CC[C@H]2[C@@H]3CCC4=CC(=O)CC[C@]4(C)[C@H]3CC[C@]12C. The van der Waals surface area contributed by atoms with E-state index in [2.05, 4.69) is 25.9 Å². The van der Waals surface area contributed by atoms with E-state index in [0.29, 0.717) is 23.1 Å². The Morgan fingerprint density at radius 3 is 2.78 bits per heavy atom. The number of allylic oxidation sites excluding steroid dienone is 1. The molecule has 0 heterocycles. The lowest BCUT2D eigenvalue weighted by Crippen LogP contribution is -2.51. The van der Waals surface area contributed by atoms with Crippen molar-refractivity contribution in [3.05, 3.63) is 11.6 Å². The van der Waals surface area contributed by atoms with E-state index in [1.54, 1.807) is 11.8 Å². The first-order chi connectivity index (χ1) is 12.9. The van der Waals surface area contributed by atoms with Crippen LogP contribution in [0.15, 0.2) is 16.8 Å². The molecule has 27 heavy (non-hydrogen) atoms. The quantitative estimate of drug-likeness (QED) is 0.262. The number of carbonyl (C=O) groups excluding carboxylic acids is 1. The molecule has 4 aliphatic rings. The van der Waals surface area contributed by atoms with Crippen LogP contribution in [0.2, 0.25) is 0 Å². The second-order valence-corrected chi connectivity index (χ2v) is 10.7. The molecule has 150 valence electrons. The third kappa shape index (κ3) is 3.10. The van der Waals surface area contributed by atoms with E-state index in [4.69, 9.17) is 4.84 Å². The number of oxime groups is 1. The molecular formula is C23H35NO2S. The van der Waals surface area contributed by atoms with Crippen LogP contribution in [0.5, 0.6) is 0 Å². The lowest BCUT2D eigenvalue weighted by Gasteiger charge is -2.58. The van der Waals surface area contributed by atoms with Gasteiger partial charge in [-0.2, -0.15) is 0 Å². The standard InChI is InChI=1S/C23H35NO2S/c1-15(24-26-14-27-4)19-7-8-20-18-6-5-16-13-17(25)9-11-22(16,2)21(18)10-12-23(19,20)3/h13,18-21H,5-12,14H2,1-4H3/b24-15+/t18-,19+,20-,21-,22-,23+/m0/s1. The average molecular weight is 390 g/mol. The highest BCUT2D eigenvalue weighted by Gasteiger charge is 2.59. The summed E-state index contributed by atoms with van der Waals surface area (Å²) in [5, 5.41) is 4.47. The van der Waals surface area contributed by atoms with E-state index in [9.17, 15) is 4.79 Å². The minimum atomic E-state index is 0.279. The first-order valence-corrected chi connectivity index (χ1v) is 12.2. The number of hydrogen-bond donors (Lipinski definition) is 0. The normalized spacial score (nSPS) is 44.2. The van der Waals surface area contributed by atoms with E-state index < -0.39 is 0 Å². The molecule has 4 aliphatic carbocycles. The molecule has 3 fully saturated rings. The van der Waals surface area contributed by atoms with Crippen molar-refractivity contribution in [3.63, 3.8) is 0 Å². The summed E-state index contributed by atoms with van der Waals surface area (Å²) in [5.41, 5.74) is 3.33. The van der Waals surface area contributed by atoms with Gasteiger partial charge in [-0.3, -0.25) is 4.79 Å². The van der Waals surface area contributed by atoms with Gasteiger partial charge in [-0.1, -0.05) is 24.6 Å². The van der Waals surface area contributed by atoms with Gasteiger partial charge in [0.25, 0.3) is 0 Å². The minimum absolute atomic E-state index is 0.279. The van der Waals surface area contributed by atoms with Gasteiger partial charge in [0.1, 0.15) is 0 Å². The van der Waals surface area contributed by atoms with E-state index in [0.717, 1.165) is 37.0 Å². The van der Waals surface area contributed by atoms with Crippen LogP contribution < -0.4 is 0 Å². The van der Waals surface area contributed by atoms with Crippen molar-refractivity contribution in [3.8, 4) is 0 Å². The van der Waals surface area contributed by atoms with E-state index in [-0.39, 0.29) is 5.41 Å². The zero-order chi connectivity index (χ0) is 19.2. The van der Waals surface area contributed by atoms with Gasteiger partial charge in [0.2, 0.25) is 0 Å².